The van der Waals surface area contributed by atoms with E-state index in [1.165, 1.54) is 0 Å². The molecular formula is C15H18BrCl2N3. The number of hydrogen-bond donors (Lipinski definition) is 1. The van der Waals surface area contributed by atoms with E-state index in [0.717, 1.165) is 34.4 Å². The smallest absolute Gasteiger partial charge is 0.0738 e. The van der Waals surface area contributed by atoms with Crippen molar-refractivity contribution in [1.29, 1.82) is 0 Å². The summed E-state index contributed by atoms with van der Waals surface area (Å²) >= 11 is 16.0. The van der Waals surface area contributed by atoms with Crippen molar-refractivity contribution in [2.24, 2.45) is 5.73 Å². The van der Waals surface area contributed by atoms with E-state index in [1.807, 2.05) is 29.8 Å². The molecule has 0 aliphatic carbocycles. The second-order valence-electron chi connectivity index (χ2n) is 5.03. The lowest BCUT2D eigenvalue weighted by Gasteiger charge is -2.15. The summed E-state index contributed by atoms with van der Waals surface area (Å²) in [5.74, 6) is 0. The van der Waals surface area contributed by atoms with Crippen LogP contribution < -0.4 is 5.73 Å². The maximum Gasteiger partial charge on any atom is 0.0738 e. The van der Waals surface area contributed by atoms with Crippen LogP contribution in [0.2, 0.25) is 10.0 Å². The highest BCUT2D eigenvalue weighted by Crippen LogP contribution is 2.27. The predicted molar refractivity (Wildman–Crippen MR) is 92.2 cm³/mol. The summed E-state index contributed by atoms with van der Waals surface area (Å²) in [6.07, 6.45) is 1.36. The molecule has 0 saturated carbocycles. The molecule has 0 fully saturated rings. The minimum Gasteiger partial charge on any atom is -0.327 e. The number of aromatic nitrogens is 2. The van der Waals surface area contributed by atoms with Crippen LogP contribution in [0.5, 0.6) is 0 Å². The number of rotatable bonds is 5. The Bertz CT molecular complexity index is 620. The standard InChI is InChI=1S/C15H18BrCl2N3/c1-3-21-14(15(16)9(2)20-21)8-10(19)7-11-12(17)5-4-6-13(11)18/h4-6,10H,3,7-8,19H2,1-2H3. The lowest BCUT2D eigenvalue weighted by Crippen LogP contribution is -2.27. The Morgan fingerprint density at radius 3 is 2.48 bits per heavy atom. The molecule has 1 atom stereocenters. The topological polar surface area (TPSA) is 43.8 Å². The molecule has 1 aromatic carbocycles. The third-order valence-corrected chi connectivity index (χ3v) is 5.18. The van der Waals surface area contributed by atoms with Gasteiger partial charge in [-0.2, -0.15) is 5.10 Å². The number of benzene rings is 1. The van der Waals surface area contributed by atoms with Crippen molar-refractivity contribution >= 4 is 39.1 Å². The van der Waals surface area contributed by atoms with Gasteiger partial charge in [0.05, 0.1) is 15.9 Å². The minimum atomic E-state index is -0.0694. The Kier molecular flexibility index (Phi) is 5.72. The van der Waals surface area contributed by atoms with Gasteiger partial charge in [0, 0.05) is 29.1 Å². The van der Waals surface area contributed by atoms with Crippen molar-refractivity contribution in [3.8, 4) is 0 Å². The van der Waals surface area contributed by atoms with Crippen molar-refractivity contribution in [2.45, 2.75) is 39.3 Å². The molecule has 0 aliphatic heterocycles. The largest absolute Gasteiger partial charge is 0.327 e. The number of hydrogen-bond acceptors (Lipinski definition) is 2. The van der Waals surface area contributed by atoms with Gasteiger partial charge in [-0.1, -0.05) is 29.3 Å². The molecule has 0 amide bonds. The molecule has 6 heteroatoms. The first-order valence-corrected chi connectivity index (χ1v) is 8.39. The van der Waals surface area contributed by atoms with Gasteiger partial charge in [-0.25, -0.2) is 0 Å². The molecular weight excluding hydrogens is 373 g/mol. The summed E-state index contributed by atoms with van der Waals surface area (Å²) in [6, 6.07) is 5.45. The van der Waals surface area contributed by atoms with Gasteiger partial charge in [-0.05, 0) is 53.9 Å². The van der Waals surface area contributed by atoms with Crippen LogP contribution in [-0.4, -0.2) is 15.8 Å². The van der Waals surface area contributed by atoms with Gasteiger partial charge in [-0.3, -0.25) is 4.68 Å². The van der Waals surface area contributed by atoms with E-state index in [9.17, 15) is 0 Å². The van der Waals surface area contributed by atoms with Gasteiger partial charge in [0.1, 0.15) is 0 Å². The Morgan fingerprint density at radius 1 is 1.29 bits per heavy atom. The molecule has 1 unspecified atom stereocenters. The van der Waals surface area contributed by atoms with Crippen LogP contribution in [0, 0.1) is 6.92 Å². The fourth-order valence-corrected chi connectivity index (χ4v) is 3.37. The summed E-state index contributed by atoms with van der Waals surface area (Å²) in [7, 11) is 0. The van der Waals surface area contributed by atoms with E-state index >= 15 is 0 Å². The first-order valence-electron chi connectivity index (χ1n) is 6.84. The lowest BCUT2D eigenvalue weighted by atomic mass is 10.0. The van der Waals surface area contributed by atoms with Crippen LogP contribution >= 0.6 is 39.1 Å². The van der Waals surface area contributed by atoms with Crippen LogP contribution in [0.15, 0.2) is 22.7 Å². The van der Waals surface area contributed by atoms with Gasteiger partial charge >= 0.3 is 0 Å². The Balaban J connectivity index is 2.17. The van der Waals surface area contributed by atoms with Crippen molar-refractivity contribution in [2.75, 3.05) is 0 Å². The molecule has 0 bridgehead atoms. The van der Waals surface area contributed by atoms with E-state index < -0.39 is 0 Å². The summed E-state index contributed by atoms with van der Waals surface area (Å²) in [4.78, 5) is 0. The van der Waals surface area contributed by atoms with E-state index in [4.69, 9.17) is 28.9 Å². The van der Waals surface area contributed by atoms with E-state index in [2.05, 4.69) is 28.0 Å². The molecule has 0 spiro atoms. The second-order valence-corrected chi connectivity index (χ2v) is 6.64. The molecule has 3 nitrogen and oxygen atoms in total. The zero-order chi connectivity index (χ0) is 15.6. The molecule has 114 valence electrons. The fourth-order valence-electron chi connectivity index (χ4n) is 2.37. The van der Waals surface area contributed by atoms with E-state index in [-0.39, 0.29) is 6.04 Å². The zero-order valence-corrected chi connectivity index (χ0v) is 15.1. The molecule has 2 N–H and O–H groups in total. The second kappa shape index (κ2) is 7.14. The molecule has 21 heavy (non-hydrogen) atoms. The normalized spacial score (nSPS) is 12.7. The van der Waals surface area contributed by atoms with Crippen LogP contribution in [-0.2, 0) is 19.4 Å². The van der Waals surface area contributed by atoms with Crippen molar-refractivity contribution in [1.82, 2.24) is 9.78 Å². The highest BCUT2D eigenvalue weighted by Gasteiger charge is 2.17. The average Bonchev–Trinajstić information content (AvgIpc) is 2.71. The number of aryl methyl sites for hydroxylation is 2. The zero-order valence-electron chi connectivity index (χ0n) is 12.0. The first-order chi connectivity index (χ1) is 9.93. The quantitative estimate of drug-likeness (QED) is 0.822. The molecule has 1 aromatic heterocycles. The molecule has 0 aliphatic rings. The Morgan fingerprint density at radius 2 is 1.90 bits per heavy atom. The molecule has 2 rings (SSSR count). The number of nitrogens with two attached hydrogens (primary N) is 1. The first kappa shape index (κ1) is 16.8. The predicted octanol–water partition coefficient (Wildman–Crippen LogP) is 4.39. The average molecular weight is 391 g/mol. The van der Waals surface area contributed by atoms with Crippen LogP contribution in [0.4, 0.5) is 0 Å². The van der Waals surface area contributed by atoms with Crippen LogP contribution in [0.3, 0.4) is 0 Å². The third-order valence-electron chi connectivity index (χ3n) is 3.44. The fraction of sp³-hybridized carbons (Fsp3) is 0.400. The van der Waals surface area contributed by atoms with Gasteiger partial charge < -0.3 is 5.73 Å². The highest BCUT2D eigenvalue weighted by molar-refractivity contribution is 9.10. The van der Waals surface area contributed by atoms with Gasteiger partial charge in [0.25, 0.3) is 0 Å². The van der Waals surface area contributed by atoms with Gasteiger partial charge in [-0.15, -0.1) is 0 Å². The van der Waals surface area contributed by atoms with Crippen molar-refractivity contribution in [3.05, 3.63) is 49.7 Å². The molecule has 0 saturated heterocycles. The Labute approximate surface area is 143 Å². The molecule has 2 aromatic rings. The number of nitrogens with zero attached hydrogens (tertiary/aromatic N) is 2. The van der Waals surface area contributed by atoms with Gasteiger partial charge in [0.15, 0.2) is 0 Å². The lowest BCUT2D eigenvalue weighted by molar-refractivity contribution is 0.573. The monoisotopic (exact) mass is 389 g/mol. The summed E-state index contributed by atoms with van der Waals surface area (Å²) in [5.41, 5.74) is 9.30. The van der Waals surface area contributed by atoms with E-state index in [0.29, 0.717) is 16.5 Å². The summed E-state index contributed by atoms with van der Waals surface area (Å²) < 4.78 is 3.01. The Hall–Kier alpha value is -0.550. The highest BCUT2D eigenvalue weighted by atomic mass is 79.9. The third kappa shape index (κ3) is 3.81. The SMILES string of the molecule is CCn1nc(C)c(Br)c1CC(N)Cc1c(Cl)cccc1Cl. The van der Waals surface area contributed by atoms with Crippen LogP contribution in [0.25, 0.3) is 0 Å². The molecule has 0 radical (unpaired) electrons. The van der Waals surface area contributed by atoms with Crippen LogP contribution in [0.1, 0.15) is 23.9 Å². The molecule has 1 heterocycles. The number of halogens is 3. The summed E-state index contributed by atoms with van der Waals surface area (Å²) in [5, 5.41) is 5.81. The van der Waals surface area contributed by atoms with Crippen molar-refractivity contribution in [3.63, 3.8) is 0 Å². The minimum absolute atomic E-state index is 0.0694. The van der Waals surface area contributed by atoms with Crippen molar-refractivity contribution < 1.29 is 0 Å². The van der Waals surface area contributed by atoms with Gasteiger partial charge in [0.2, 0.25) is 0 Å². The summed E-state index contributed by atoms with van der Waals surface area (Å²) in [6.45, 7) is 4.87. The maximum absolute atomic E-state index is 6.30. The maximum atomic E-state index is 6.30. The van der Waals surface area contributed by atoms with E-state index in [1.54, 1.807) is 0 Å².